The summed E-state index contributed by atoms with van der Waals surface area (Å²) in [5.74, 6) is 0.701. The number of nitrogens with zero attached hydrogens (tertiary/aromatic N) is 4. The van der Waals surface area contributed by atoms with Gasteiger partial charge in [0.1, 0.15) is 5.75 Å². The van der Waals surface area contributed by atoms with Crippen molar-refractivity contribution in [3.63, 3.8) is 0 Å². The predicted octanol–water partition coefficient (Wildman–Crippen LogP) is 2.34. The molecule has 1 saturated heterocycles. The summed E-state index contributed by atoms with van der Waals surface area (Å²) in [7, 11) is 0. The number of aromatic hydroxyl groups is 1. The lowest BCUT2D eigenvalue weighted by Gasteiger charge is -2.34. The van der Waals surface area contributed by atoms with Crippen LogP contribution in [0, 0.1) is 0 Å². The molecule has 124 valence electrons. The van der Waals surface area contributed by atoms with Gasteiger partial charge in [0.15, 0.2) is 0 Å². The number of carbonyl (C=O) groups excluding carboxylic acids is 1. The maximum absolute atomic E-state index is 11.6. The Hall–Kier alpha value is -2.60. The summed E-state index contributed by atoms with van der Waals surface area (Å²) in [5.41, 5.74) is 1.42. The van der Waals surface area contributed by atoms with Crippen molar-refractivity contribution in [3.05, 3.63) is 48.3 Å². The number of amides is 1. The lowest BCUT2D eigenvalue weighted by Crippen LogP contribution is -2.48. The highest BCUT2D eigenvalue weighted by molar-refractivity contribution is 6.33. The van der Waals surface area contributed by atoms with Gasteiger partial charge in [0.25, 0.3) is 0 Å². The SMILES string of the molecule is C=CC(=O)N1CCN(c2ncc(-c3cc(O)ccc3Cl)cn2)CC1. The minimum absolute atomic E-state index is 0.0514. The fourth-order valence-electron chi connectivity index (χ4n) is 2.61. The van der Waals surface area contributed by atoms with Crippen LogP contribution in [0.25, 0.3) is 11.1 Å². The van der Waals surface area contributed by atoms with E-state index in [2.05, 4.69) is 16.5 Å². The first-order valence-corrected chi connectivity index (χ1v) is 7.93. The topological polar surface area (TPSA) is 69.6 Å². The van der Waals surface area contributed by atoms with E-state index in [1.807, 2.05) is 4.90 Å². The second-order valence-electron chi connectivity index (χ2n) is 5.45. The Morgan fingerprint density at radius 2 is 1.88 bits per heavy atom. The number of hydrogen-bond donors (Lipinski definition) is 1. The molecule has 2 heterocycles. The standard InChI is InChI=1S/C17H17ClN4O2/c1-2-16(24)21-5-7-22(8-6-21)17-19-10-12(11-20-17)14-9-13(23)3-4-15(14)18/h2-4,9-11,23H,1,5-8H2. The minimum atomic E-state index is -0.0514. The van der Waals surface area contributed by atoms with E-state index in [0.29, 0.717) is 42.7 Å². The van der Waals surface area contributed by atoms with Crippen molar-refractivity contribution in [2.75, 3.05) is 31.1 Å². The van der Waals surface area contributed by atoms with Gasteiger partial charge in [-0.15, -0.1) is 0 Å². The number of carbonyl (C=O) groups is 1. The number of hydrogen-bond acceptors (Lipinski definition) is 5. The van der Waals surface area contributed by atoms with Crippen LogP contribution < -0.4 is 4.90 Å². The third-order valence-corrected chi connectivity index (χ3v) is 4.28. The summed E-state index contributed by atoms with van der Waals surface area (Å²) in [6.07, 6.45) is 4.70. The second-order valence-corrected chi connectivity index (χ2v) is 5.86. The molecule has 0 aliphatic carbocycles. The normalized spacial score (nSPS) is 14.5. The van der Waals surface area contributed by atoms with Gasteiger partial charge in [0.2, 0.25) is 11.9 Å². The molecular formula is C17H17ClN4O2. The number of benzene rings is 1. The fourth-order valence-corrected chi connectivity index (χ4v) is 2.84. The van der Waals surface area contributed by atoms with E-state index in [4.69, 9.17) is 11.6 Å². The number of rotatable bonds is 3. The summed E-state index contributed by atoms with van der Waals surface area (Å²) >= 11 is 6.16. The van der Waals surface area contributed by atoms with E-state index in [1.165, 1.54) is 12.1 Å². The zero-order valence-electron chi connectivity index (χ0n) is 13.0. The van der Waals surface area contributed by atoms with Gasteiger partial charge in [0.05, 0.1) is 0 Å². The monoisotopic (exact) mass is 344 g/mol. The summed E-state index contributed by atoms with van der Waals surface area (Å²) in [5, 5.41) is 10.1. The molecule has 0 bridgehead atoms. The molecule has 1 N–H and O–H groups in total. The van der Waals surface area contributed by atoms with Crippen LogP contribution in [0.3, 0.4) is 0 Å². The van der Waals surface area contributed by atoms with Gasteiger partial charge in [-0.3, -0.25) is 4.79 Å². The maximum Gasteiger partial charge on any atom is 0.246 e. The molecule has 0 radical (unpaired) electrons. The molecule has 1 aromatic carbocycles. The van der Waals surface area contributed by atoms with Gasteiger partial charge >= 0.3 is 0 Å². The number of phenolic OH excluding ortho intramolecular Hbond substituents is 1. The quantitative estimate of drug-likeness (QED) is 0.865. The summed E-state index contributed by atoms with van der Waals surface area (Å²) in [4.78, 5) is 24.2. The van der Waals surface area contributed by atoms with Crippen molar-refractivity contribution < 1.29 is 9.90 Å². The average molecular weight is 345 g/mol. The second kappa shape index (κ2) is 6.88. The van der Waals surface area contributed by atoms with Crippen LogP contribution in [0.15, 0.2) is 43.2 Å². The number of halogens is 1. The van der Waals surface area contributed by atoms with Gasteiger partial charge in [-0.1, -0.05) is 18.2 Å². The molecule has 0 spiro atoms. The van der Waals surface area contributed by atoms with Gasteiger partial charge < -0.3 is 14.9 Å². The molecular weight excluding hydrogens is 328 g/mol. The van der Waals surface area contributed by atoms with E-state index in [1.54, 1.807) is 29.4 Å². The molecule has 0 atom stereocenters. The molecule has 1 amide bonds. The molecule has 0 unspecified atom stereocenters. The van der Waals surface area contributed by atoms with Crippen molar-refractivity contribution in [2.45, 2.75) is 0 Å². The van der Waals surface area contributed by atoms with Crippen molar-refractivity contribution in [1.82, 2.24) is 14.9 Å². The highest BCUT2D eigenvalue weighted by Crippen LogP contribution is 2.30. The fraction of sp³-hybridized carbons (Fsp3) is 0.235. The lowest BCUT2D eigenvalue weighted by atomic mass is 10.1. The summed E-state index contributed by atoms with van der Waals surface area (Å²) in [6, 6.07) is 4.75. The first kappa shape index (κ1) is 16.3. The average Bonchev–Trinajstić information content (AvgIpc) is 2.63. The Morgan fingerprint density at radius 3 is 2.50 bits per heavy atom. The number of piperazine rings is 1. The number of phenols is 1. The molecule has 1 aromatic heterocycles. The van der Waals surface area contributed by atoms with Crippen LogP contribution in [0.2, 0.25) is 5.02 Å². The highest BCUT2D eigenvalue weighted by Gasteiger charge is 2.21. The largest absolute Gasteiger partial charge is 0.508 e. The molecule has 1 aliphatic rings. The van der Waals surface area contributed by atoms with E-state index in [9.17, 15) is 9.90 Å². The van der Waals surface area contributed by atoms with Crippen molar-refractivity contribution in [3.8, 4) is 16.9 Å². The van der Waals surface area contributed by atoms with E-state index >= 15 is 0 Å². The molecule has 0 saturated carbocycles. The maximum atomic E-state index is 11.6. The lowest BCUT2D eigenvalue weighted by molar-refractivity contribution is -0.126. The molecule has 1 fully saturated rings. The minimum Gasteiger partial charge on any atom is -0.508 e. The van der Waals surface area contributed by atoms with E-state index < -0.39 is 0 Å². The van der Waals surface area contributed by atoms with Crippen LogP contribution in [0.1, 0.15) is 0 Å². The third kappa shape index (κ3) is 3.33. The highest BCUT2D eigenvalue weighted by atomic mass is 35.5. The first-order valence-electron chi connectivity index (χ1n) is 7.55. The van der Waals surface area contributed by atoms with Crippen molar-refractivity contribution in [2.24, 2.45) is 0 Å². The summed E-state index contributed by atoms with van der Waals surface area (Å²) < 4.78 is 0. The van der Waals surface area contributed by atoms with Crippen molar-refractivity contribution >= 4 is 23.5 Å². The Labute approximate surface area is 145 Å². The van der Waals surface area contributed by atoms with Crippen LogP contribution in [-0.2, 0) is 4.79 Å². The van der Waals surface area contributed by atoms with Gasteiger partial charge in [-0.25, -0.2) is 9.97 Å². The molecule has 3 rings (SSSR count). The van der Waals surface area contributed by atoms with Gasteiger partial charge in [-0.05, 0) is 24.3 Å². The third-order valence-electron chi connectivity index (χ3n) is 3.95. The first-order chi connectivity index (χ1) is 11.6. The van der Waals surface area contributed by atoms with Crippen LogP contribution in [-0.4, -0.2) is 52.1 Å². The van der Waals surface area contributed by atoms with Crippen LogP contribution in [0.4, 0.5) is 5.95 Å². The van der Waals surface area contributed by atoms with Crippen LogP contribution in [0.5, 0.6) is 5.75 Å². The molecule has 6 nitrogen and oxygen atoms in total. The zero-order chi connectivity index (χ0) is 17.1. The van der Waals surface area contributed by atoms with Gasteiger partial charge in [-0.2, -0.15) is 0 Å². The van der Waals surface area contributed by atoms with E-state index in [-0.39, 0.29) is 11.7 Å². The molecule has 2 aromatic rings. The Balaban J connectivity index is 1.73. The molecule has 24 heavy (non-hydrogen) atoms. The van der Waals surface area contributed by atoms with Gasteiger partial charge in [0, 0.05) is 54.7 Å². The Kier molecular flexibility index (Phi) is 4.66. The molecule has 7 heteroatoms. The number of aromatic nitrogens is 2. The summed E-state index contributed by atoms with van der Waals surface area (Å²) in [6.45, 7) is 6.09. The number of anilines is 1. The van der Waals surface area contributed by atoms with Crippen molar-refractivity contribution in [1.29, 1.82) is 0 Å². The van der Waals surface area contributed by atoms with E-state index in [0.717, 1.165) is 5.56 Å². The molecule has 1 aliphatic heterocycles. The smallest absolute Gasteiger partial charge is 0.246 e. The zero-order valence-corrected chi connectivity index (χ0v) is 13.8. The Bertz CT molecular complexity index is 756. The van der Waals surface area contributed by atoms with Crippen LogP contribution >= 0.6 is 11.6 Å². The predicted molar refractivity (Wildman–Crippen MR) is 93.1 cm³/mol. The Morgan fingerprint density at radius 1 is 1.21 bits per heavy atom.